The largest absolute Gasteiger partial charge is 0.383 e. The van der Waals surface area contributed by atoms with Gasteiger partial charge in [0.05, 0.1) is 11.4 Å². The fraction of sp³-hybridized carbons (Fsp3) is 0.278. The zero-order valence-electron chi connectivity index (χ0n) is 12.1. The predicted octanol–water partition coefficient (Wildman–Crippen LogP) is 3.47. The zero-order valence-corrected chi connectivity index (χ0v) is 12.1. The van der Waals surface area contributed by atoms with Crippen LogP contribution in [0.25, 0.3) is 0 Å². The Kier molecular flexibility index (Phi) is 4.20. The molecule has 0 bridgehead atoms. The fourth-order valence-electron chi connectivity index (χ4n) is 2.75. The number of nitrogens with one attached hydrogen (secondary N) is 1. The van der Waals surface area contributed by atoms with Gasteiger partial charge in [0.25, 0.3) is 0 Å². The Balaban J connectivity index is 1.67. The van der Waals surface area contributed by atoms with Gasteiger partial charge in [-0.2, -0.15) is 0 Å². The molecule has 0 saturated carbocycles. The van der Waals surface area contributed by atoms with Gasteiger partial charge in [0.15, 0.2) is 0 Å². The highest BCUT2D eigenvalue weighted by Crippen LogP contribution is 2.29. The second-order valence-corrected chi connectivity index (χ2v) is 5.33. The Morgan fingerprint density at radius 2 is 1.76 bits per heavy atom. The zero-order chi connectivity index (χ0) is 14.5. The molecule has 0 spiro atoms. The van der Waals surface area contributed by atoms with Gasteiger partial charge in [-0.1, -0.05) is 42.5 Å². The van der Waals surface area contributed by atoms with Gasteiger partial charge in [-0.05, 0) is 30.5 Å². The highest BCUT2D eigenvalue weighted by atomic mass is 16.2. The van der Waals surface area contributed by atoms with Gasteiger partial charge in [0, 0.05) is 19.5 Å². The van der Waals surface area contributed by atoms with E-state index >= 15 is 0 Å². The van der Waals surface area contributed by atoms with Gasteiger partial charge in [0.2, 0.25) is 5.91 Å². The fourth-order valence-corrected chi connectivity index (χ4v) is 2.75. The number of hydrogen-bond acceptors (Lipinski definition) is 2. The molecule has 108 valence electrons. The van der Waals surface area contributed by atoms with Crippen molar-refractivity contribution >= 4 is 17.3 Å². The molecule has 2 aromatic rings. The van der Waals surface area contributed by atoms with Crippen LogP contribution in [0.5, 0.6) is 0 Å². The smallest absolute Gasteiger partial charge is 0.227 e. The third-order valence-corrected chi connectivity index (χ3v) is 3.84. The molecule has 0 radical (unpaired) electrons. The first-order valence-corrected chi connectivity index (χ1v) is 7.52. The van der Waals surface area contributed by atoms with Crippen LogP contribution in [0.4, 0.5) is 11.4 Å². The average Bonchev–Trinajstić information content (AvgIpc) is 2.95. The van der Waals surface area contributed by atoms with Crippen molar-refractivity contribution in [2.24, 2.45) is 0 Å². The minimum absolute atomic E-state index is 0.229. The number of anilines is 2. The first kappa shape index (κ1) is 13.7. The molecular weight excluding hydrogens is 260 g/mol. The van der Waals surface area contributed by atoms with Gasteiger partial charge in [-0.15, -0.1) is 0 Å². The van der Waals surface area contributed by atoms with Gasteiger partial charge in [0.1, 0.15) is 0 Å². The molecular formula is C18H20N2O. The van der Waals surface area contributed by atoms with E-state index in [1.165, 1.54) is 5.56 Å². The maximum absolute atomic E-state index is 11.9. The molecule has 0 aliphatic carbocycles. The van der Waals surface area contributed by atoms with Crippen LogP contribution in [-0.2, 0) is 11.2 Å². The van der Waals surface area contributed by atoms with Crippen LogP contribution in [0.2, 0.25) is 0 Å². The molecule has 1 aliphatic rings. The normalized spacial score (nSPS) is 14.5. The van der Waals surface area contributed by atoms with E-state index in [9.17, 15) is 4.79 Å². The Hall–Kier alpha value is -2.29. The standard InChI is InChI=1S/C18H20N2O/c21-18-11-6-14-20(18)17-10-5-4-9-16(17)19-13-12-15-7-2-1-3-8-15/h1-5,7-10,19H,6,11-14H2. The summed E-state index contributed by atoms with van der Waals surface area (Å²) in [5.41, 5.74) is 3.37. The molecule has 3 rings (SSSR count). The van der Waals surface area contributed by atoms with Crippen LogP contribution in [0.1, 0.15) is 18.4 Å². The van der Waals surface area contributed by atoms with E-state index in [2.05, 4.69) is 29.6 Å². The lowest BCUT2D eigenvalue weighted by Gasteiger charge is -2.20. The number of benzene rings is 2. The van der Waals surface area contributed by atoms with Crippen LogP contribution in [-0.4, -0.2) is 19.0 Å². The van der Waals surface area contributed by atoms with E-state index < -0.39 is 0 Å². The Bertz CT molecular complexity index is 610. The minimum Gasteiger partial charge on any atom is -0.383 e. The van der Waals surface area contributed by atoms with Crippen molar-refractivity contribution in [1.82, 2.24) is 0 Å². The lowest BCUT2D eigenvalue weighted by Crippen LogP contribution is -2.25. The van der Waals surface area contributed by atoms with Crippen molar-refractivity contribution in [1.29, 1.82) is 0 Å². The molecule has 3 heteroatoms. The van der Waals surface area contributed by atoms with Crippen molar-refractivity contribution in [2.75, 3.05) is 23.3 Å². The van der Waals surface area contributed by atoms with E-state index in [1.807, 2.05) is 35.2 Å². The molecule has 1 fully saturated rings. The summed E-state index contributed by atoms with van der Waals surface area (Å²) < 4.78 is 0. The van der Waals surface area contributed by atoms with E-state index in [1.54, 1.807) is 0 Å². The Labute approximate surface area is 125 Å². The summed E-state index contributed by atoms with van der Waals surface area (Å²) in [6.07, 6.45) is 2.60. The van der Waals surface area contributed by atoms with E-state index in [0.29, 0.717) is 6.42 Å². The number of amides is 1. The second kappa shape index (κ2) is 6.44. The Morgan fingerprint density at radius 3 is 2.52 bits per heavy atom. The Morgan fingerprint density at radius 1 is 1.00 bits per heavy atom. The summed E-state index contributed by atoms with van der Waals surface area (Å²) >= 11 is 0. The topological polar surface area (TPSA) is 32.3 Å². The molecule has 1 N–H and O–H groups in total. The van der Waals surface area contributed by atoms with Crippen molar-refractivity contribution in [3.05, 3.63) is 60.2 Å². The van der Waals surface area contributed by atoms with E-state index in [4.69, 9.17) is 0 Å². The molecule has 0 aromatic heterocycles. The van der Waals surface area contributed by atoms with E-state index in [-0.39, 0.29) is 5.91 Å². The molecule has 0 atom stereocenters. The minimum atomic E-state index is 0.229. The van der Waals surface area contributed by atoms with Crippen LogP contribution < -0.4 is 10.2 Å². The molecule has 3 nitrogen and oxygen atoms in total. The van der Waals surface area contributed by atoms with Crippen molar-refractivity contribution in [3.63, 3.8) is 0 Å². The highest BCUT2D eigenvalue weighted by Gasteiger charge is 2.23. The molecule has 1 heterocycles. The van der Waals surface area contributed by atoms with Crippen LogP contribution in [0.3, 0.4) is 0 Å². The lowest BCUT2D eigenvalue weighted by molar-refractivity contribution is -0.117. The molecule has 1 aliphatic heterocycles. The third kappa shape index (κ3) is 3.24. The summed E-state index contributed by atoms with van der Waals surface area (Å²) in [6.45, 7) is 1.69. The molecule has 21 heavy (non-hydrogen) atoms. The first-order chi connectivity index (χ1) is 10.3. The number of rotatable bonds is 5. The summed E-state index contributed by atoms with van der Waals surface area (Å²) in [5, 5.41) is 3.47. The van der Waals surface area contributed by atoms with Crippen LogP contribution in [0, 0.1) is 0 Å². The quantitative estimate of drug-likeness (QED) is 0.909. The molecule has 2 aromatic carbocycles. The van der Waals surface area contributed by atoms with Crippen molar-refractivity contribution in [2.45, 2.75) is 19.3 Å². The molecule has 0 unspecified atom stereocenters. The van der Waals surface area contributed by atoms with Crippen LogP contribution >= 0.6 is 0 Å². The summed E-state index contributed by atoms with van der Waals surface area (Å²) in [5.74, 6) is 0.229. The third-order valence-electron chi connectivity index (χ3n) is 3.84. The number of carbonyl (C=O) groups is 1. The number of nitrogens with zero attached hydrogens (tertiary/aromatic N) is 1. The maximum atomic E-state index is 11.9. The van der Waals surface area contributed by atoms with E-state index in [0.717, 1.165) is 37.3 Å². The number of para-hydroxylation sites is 2. The van der Waals surface area contributed by atoms with Gasteiger partial charge >= 0.3 is 0 Å². The van der Waals surface area contributed by atoms with Crippen molar-refractivity contribution < 1.29 is 4.79 Å². The summed E-state index contributed by atoms with van der Waals surface area (Å²) in [4.78, 5) is 13.8. The lowest BCUT2D eigenvalue weighted by atomic mass is 10.1. The number of hydrogen-bond donors (Lipinski definition) is 1. The highest BCUT2D eigenvalue weighted by molar-refractivity contribution is 5.98. The monoisotopic (exact) mass is 280 g/mol. The van der Waals surface area contributed by atoms with Crippen molar-refractivity contribution in [3.8, 4) is 0 Å². The number of carbonyl (C=O) groups excluding carboxylic acids is 1. The van der Waals surface area contributed by atoms with Crippen LogP contribution in [0.15, 0.2) is 54.6 Å². The van der Waals surface area contributed by atoms with Gasteiger partial charge in [-0.25, -0.2) is 0 Å². The predicted molar refractivity (Wildman–Crippen MR) is 86.7 cm³/mol. The maximum Gasteiger partial charge on any atom is 0.227 e. The summed E-state index contributed by atoms with van der Waals surface area (Å²) in [7, 11) is 0. The molecule has 1 amide bonds. The van der Waals surface area contributed by atoms with Gasteiger partial charge < -0.3 is 10.2 Å². The first-order valence-electron chi connectivity index (χ1n) is 7.52. The second-order valence-electron chi connectivity index (χ2n) is 5.33. The average molecular weight is 280 g/mol. The summed E-state index contributed by atoms with van der Waals surface area (Å²) in [6, 6.07) is 18.5. The SMILES string of the molecule is O=C1CCCN1c1ccccc1NCCc1ccccc1. The molecule has 1 saturated heterocycles. The van der Waals surface area contributed by atoms with Gasteiger partial charge in [-0.3, -0.25) is 4.79 Å².